The van der Waals surface area contributed by atoms with E-state index in [4.69, 9.17) is 4.74 Å². The zero-order chi connectivity index (χ0) is 23.9. The summed E-state index contributed by atoms with van der Waals surface area (Å²) in [5, 5.41) is 21.8. The van der Waals surface area contributed by atoms with Gasteiger partial charge in [0.05, 0.1) is 12.2 Å². The summed E-state index contributed by atoms with van der Waals surface area (Å²) in [6.45, 7) is 16.4. The Morgan fingerprint density at radius 1 is 1.03 bits per heavy atom. The first kappa shape index (κ1) is 24.1. The number of rotatable bonds is 2. The maximum atomic E-state index is 10.9. The van der Waals surface area contributed by atoms with Crippen molar-refractivity contribution in [3.63, 3.8) is 0 Å². The van der Waals surface area contributed by atoms with Crippen molar-refractivity contribution < 1.29 is 14.9 Å². The van der Waals surface area contributed by atoms with Crippen LogP contribution in [-0.2, 0) is 4.74 Å². The van der Waals surface area contributed by atoms with Crippen molar-refractivity contribution in [2.24, 2.45) is 51.8 Å². The van der Waals surface area contributed by atoms with E-state index in [0.717, 1.165) is 19.3 Å². The molecule has 33 heavy (non-hydrogen) atoms. The molecule has 1 aliphatic heterocycles. The maximum absolute atomic E-state index is 10.9. The third-order valence-corrected chi connectivity index (χ3v) is 11.9. The van der Waals surface area contributed by atoms with Gasteiger partial charge in [-0.25, -0.2) is 0 Å². The second-order valence-electron chi connectivity index (χ2n) is 13.9. The minimum absolute atomic E-state index is 0.00427. The Morgan fingerprint density at radius 2 is 1.76 bits per heavy atom. The fourth-order valence-corrected chi connectivity index (χ4v) is 9.78. The van der Waals surface area contributed by atoms with Gasteiger partial charge in [-0.1, -0.05) is 57.9 Å². The third kappa shape index (κ3) is 3.39. The zero-order valence-corrected chi connectivity index (χ0v) is 22.1. The number of aliphatic hydroxyl groups excluding tert-OH is 2. The minimum Gasteiger partial charge on any atom is -0.393 e. The van der Waals surface area contributed by atoms with Crippen molar-refractivity contribution in [3.8, 4) is 0 Å². The van der Waals surface area contributed by atoms with E-state index < -0.39 is 6.29 Å². The van der Waals surface area contributed by atoms with Gasteiger partial charge in [-0.2, -0.15) is 0 Å². The highest BCUT2D eigenvalue weighted by atomic mass is 16.6. The van der Waals surface area contributed by atoms with Crippen LogP contribution in [0.2, 0.25) is 0 Å². The molecular formula is C30H48O3. The van der Waals surface area contributed by atoms with E-state index in [0.29, 0.717) is 29.6 Å². The molecule has 4 fully saturated rings. The summed E-state index contributed by atoms with van der Waals surface area (Å²) in [4.78, 5) is 0. The van der Waals surface area contributed by atoms with Crippen LogP contribution in [0.3, 0.4) is 0 Å². The molecular weight excluding hydrogens is 408 g/mol. The van der Waals surface area contributed by atoms with Crippen LogP contribution in [0.5, 0.6) is 0 Å². The predicted molar refractivity (Wildman–Crippen MR) is 133 cm³/mol. The van der Waals surface area contributed by atoms with Crippen LogP contribution in [0, 0.1) is 51.8 Å². The first-order valence-corrected chi connectivity index (χ1v) is 13.8. The first-order valence-electron chi connectivity index (χ1n) is 13.8. The molecule has 0 spiro atoms. The van der Waals surface area contributed by atoms with Gasteiger partial charge in [0.1, 0.15) is 0 Å². The van der Waals surface area contributed by atoms with Gasteiger partial charge < -0.3 is 14.9 Å². The Kier molecular flexibility index (Phi) is 5.79. The highest BCUT2D eigenvalue weighted by molar-refractivity contribution is 5.32. The van der Waals surface area contributed by atoms with Crippen molar-refractivity contribution in [1.82, 2.24) is 0 Å². The second-order valence-corrected chi connectivity index (χ2v) is 13.9. The molecule has 3 heteroatoms. The molecule has 3 nitrogen and oxygen atoms in total. The van der Waals surface area contributed by atoms with Crippen LogP contribution < -0.4 is 0 Å². The van der Waals surface area contributed by atoms with Gasteiger partial charge >= 0.3 is 0 Å². The van der Waals surface area contributed by atoms with Gasteiger partial charge in [-0.15, -0.1) is 0 Å². The standard InChI is InChI=1S/C30H48O3/c1-17(2)14-19-16-21(27(32)33-19)23-11-13-30(7)22-8-9-24-26(20(22)10-12-29(23,30)6)18(3)15-25(31)28(24,4)5/h8,14,18-21,23-27,31-32H,9-13,15-16H2,1-7H3. The predicted octanol–water partition coefficient (Wildman–Crippen LogP) is 6.50. The molecule has 0 aromatic rings. The third-order valence-electron chi connectivity index (χ3n) is 11.9. The van der Waals surface area contributed by atoms with Crippen LogP contribution in [-0.4, -0.2) is 28.7 Å². The molecule has 0 aromatic carbocycles. The van der Waals surface area contributed by atoms with Crippen molar-refractivity contribution in [1.29, 1.82) is 0 Å². The summed E-state index contributed by atoms with van der Waals surface area (Å²) < 4.78 is 6.02. The molecule has 5 aliphatic rings. The van der Waals surface area contributed by atoms with Crippen LogP contribution in [0.1, 0.15) is 93.4 Å². The fraction of sp³-hybridized carbons (Fsp3) is 0.867. The van der Waals surface area contributed by atoms with Crippen LogP contribution >= 0.6 is 0 Å². The van der Waals surface area contributed by atoms with Crippen LogP contribution in [0.15, 0.2) is 23.3 Å². The summed E-state index contributed by atoms with van der Waals surface area (Å²) >= 11 is 0. The molecule has 1 heterocycles. The topological polar surface area (TPSA) is 49.7 Å². The molecule has 0 bridgehead atoms. The number of allylic oxidation sites excluding steroid dienone is 3. The molecule has 0 radical (unpaired) electrons. The molecule has 3 saturated carbocycles. The molecule has 0 amide bonds. The maximum Gasteiger partial charge on any atom is 0.158 e. The van der Waals surface area contributed by atoms with E-state index in [1.165, 1.54) is 31.3 Å². The van der Waals surface area contributed by atoms with Gasteiger partial charge in [-0.05, 0) is 105 Å². The molecule has 186 valence electrons. The number of hydrogen-bond donors (Lipinski definition) is 2. The first-order chi connectivity index (χ1) is 15.4. The monoisotopic (exact) mass is 456 g/mol. The average Bonchev–Trinajstić information content (AvgIpc) is 3.21. The van der Waals surface area contributed by atoms with Gasteiger partial charge in [-0.3, -0.25) is 0 Å². The van der Waals surface area contributed by atoms with Crippen molar-refractivity contribution in [2.75, 3.05) is 0 Å². The molecule has 5 rings (SSSR count). The second kappa shape index (κ2) is 7.93. The van der Waals surface area contributed by atoms with Crippen molar-refractivity contribution >= 4 is 0 Å². The SMILES string of the molecule is CC(C)=CC1CC(C2CCC3(C)C4=CCC5C(C(C)CC(O)C5(C)C)C4CCC23C)C(O)O1. The van der Waals surface area contributed by atoms with E-state index >= 15 is 0 Å². The highest BCUT2D eigenvalue weighted by Gasteiger charge is 2.64. The highest BCUT2D eigenvalue weighted by Crippen LogP contribution is 2.72. The summed E-state index contributed by atoms with van der Waals surface area (Å²) in [6, 6.07) is 0. The normalized spacial score (nSPS) is 53.0. The summed E-state index contributed by atoms with van der Waals surface area (Å²) in [5.41, 5.74) is 3.47. The Bertz CT molecular complexity index is 837. The fourth-order valence-electron chi connectivity index (χ4n) is 9.78. The van der Waals surface area contributed by atoms with Crippen molar-refractivity contribution in [3.05, 3.63) is 23.3 Å². The summed E-state index contributed by atoms with van der Waals surface area (Å²) in [5.74, 6) is 3.32. The Balaban J connectivity index is 1.45. The van der Waals surface area contributed by atoms with Gasteiger partial charge in [0, 0.05) is 5.92 Å². The Hall–Kier alpha value is -0.640. The van der Waals surface area contributed by atoms with Gasteiger partial charge in [0.25, 0.3) is 0 Å². The molecule has 1 saturated heterocycles. The molecule has 2 N–H and O–H groups in total. The van der Waals surface area contributed by atoms with Crippen LogP contribution in [0.4, 0.5) is 0 Å². The average molecular weight is 457 g/mol. The smallest absolute Gasteiger partial charge is 0.158 e. The largest absolute Gasteiger partial charge is 0.393 e. The van der Waals surface area contributed by atoms with Gasteiger partial charge in [0.2, 0.25) is 0 Å². The molecule has 11 unspecified atom stereocenters. The van der Waals surface area contributed by atoms with Gasteiger partial charge in [0.15, 0.2) is 6.29 Å². The lowest BCUT2D eigenvalue weighted by Gasteiger charge is -2.61. The summed E-state index contributed by atoms with van der Waals surface area (Å²) in [6.07, 6.45) is 12.1. The van der Waals surface area contributed by atoms with E-state index in [2.05, 4.69) is 60.6 Å². The minimum atomic E-state index is -0.627. The lowest BCUT2D eigenvalue weighted by molar-refractivity contribution is -0.128. The lowest BCUT2D eigenvalue weighted by atomic mass is 9.44. The number of hydrogen-bond acceptors (Lipinski definition) is 3. The van der Waals surface area contributed by atoms with E-state index in [9.17, 15) is 10.2 Å². The Morgan fingerprint density at radius 3 is 2.45 bits per heavy atom. The summed E-state index contributed by atoms with van der Waals surface area (Å²) in [7, 11) is 0. The van der Waals surface area contributed by atoms with E-state index in [1.54, 1.807) is 5.57 Å². The number of aliphatic hydroxyl groups is 2. The van der Waals surface area contributed by atoms with E-state index in [1.807, 2.05) is 0 Å². The van der Waals surface area contributed by atoms with E-state index in [-0.39, 0.29) is 34.4 Å². The van der Waals surface area contributed by atoms with Crippen LogP contribution in [0.25, 0.3) is 0 Å². The molecule has 4 aliphatic carbocycles. The quantitative estimate of drug-likeness (QED) is 0.466. The number of ether oxygens (including phenoxy) is 1. The lowest BCUT2D eigenvalue weighted by Crippen LogP contribution is -2.56. The zero-order valence-electron chi connectivity index (χ0n) is 22.1. The number of fused-ring (bicyclic) bond motifs is 5. The Labute approximate surface area is 202 Å². The van der Waals surface area contributed by atoms with Crippen molar-refractivity contribution in [2.45, 2.75) is 112 Å². The molecule has 0 aromatic heterocycles. The molecule has 11 atom stereocenters.